The van der Waals surface area contributed by atoms with Gasteiger partial charge >= 0.3 is 0 Å². The Morgan fingerprint density at radius 1 is 0.750 bits per heavy atom. The molecule has 0 aromatic heterocycles. The number of methoxy groups -OCH3 is 2. The Morgan fingerprint density at radius 3 is 1.78 bits per heavy atom. The predicted octanol–water partition coefficient (Wildman–Crippen LogP) is 1.25. The second kappa shape index (κ2) is 9.19. The molecule has 1 saturated heterocycles. The summed E-state index contributed by atoms with van der Waals surface area (Å²) in [6.07, 6.45) is 1.75. The Bertz CT molecular complexity index is 1140. The minimum Gasteiger partial charge on any atom is -0.504 e. The number of hydrogen-bond acceptors (Lipinski definition) is 12. The molecular weight excluding hydrogens is 478 g/mol. The van der Waals surface area contributed by atoms with Gasteiger partial charge in [-0.1, -0.05) is 0 Å². The largest absolute Gasteiger partial charge is 0.504 e. The number of hydrogen-bond donors (Lipinski definition) is 9. The van der Waals surface area contributed by atoms with Crippen LogP contribution in [0.2, 0.25) is 0 Å². The third kappa shape index (κ3) is 3.91. The summed E-state index contributed by atoms with van der Waals surface area (Å²) >= 11 is 0. The van der Waals surface area contributed by atoms with E-state index in [9.17, 15) is 46.0 Å². The summed E-state index contributed by atoms with van der Waals surface area (Å²) in [7, 11) is 2.57. The lowest BCUT2D eigenvalue weighted by molar-refractivity contribution is -0.206. The molecule has 0 amide bonds. The third-order valence-corrected chi connectivity index (χ3v) is 7.43. The molecule has 1 aliphatic carbocycles. The van der Waals surface area contributed by atoms with Gasteiger partial charge in [-0.05, 0) is 44.7 Å². The zero-order valence-corrected chi connectivity index (χ0v) is 19.9. The molecule has 0 spiro atoms. The van der Waals surface area contributed by atoms with E-state index < -0.39 is 46.2 Å². The lowest BCUT2D eigenvalue weighted by atomic mass is 9.83. The molecule has 1 aliphatic heterocycles. The van der Waals surface area contributed by atoms with E-state index in [2.05, 4.69) is 0 Å². The Kier molecular flexibility index (Phi) is 6.54. The molecule has 2 aromatic carbocycles. The van der Waals surface area contributed by atoms with Gasteiger partial charge in [0.25, 0.3) is 0 Å². The van der Waals surface area contributed by atoms with Gasteiger partial charge in [-0.25, -0.2) is 0 Å². The summed E-state index contributed by atoms with van der Waals surface area (Å²) in [4.78, 5) is 1.88. The molecule has 12 nitrogen and oxygen atoms in total. The maximum Gasteiger partial charge on any atom is 0.208 e. The van der Waals surface area contributed by atoms with Crippen LogP contribution >= 0.6 is 0 Å². The van der Waals surface area contributed by atoms with Crippen molar-refractivity contribution in [2.24, 2.45) is 11.8 Å². The van der Waals surface area contributed by atoms with Crippen LogP contribution in [0.4, 0.5) is 0 Å². The van der Waals surface area contributed by atoms with Crippen LogP contribution in [0, 0.1) is 11.8 Å². The van der Waals surface area contributed by atoms with Crippen molar-refractivity contribution in [1.82, 2.24) is 4.90 Å². The second-order valence-corrected chi connectivity index (χ2v) is 9.42. The van der Waals surface area contributed by atoms with E-state index in [0.29, 0.717) is 32.4 Å². The Morgan fingerprint density at radius 2 is 1.25 bits per heavy atom. The van der Waals surface area contributed by atoms with Crippen molar-refractivity contribution in [2.45, 2.75) is 38.0 Å². The topological polar surface area (TPSA) is 204 Å². The molecule has 1 fully saturated rings. The average molecular weight is 510 g/mol. The van der Waals surface area contributed by atoms with Crippen LogP contribution in [0.25, 0.3) is 0 Å². The van der Waals surface area contributed by atoms with Gasteiger partial charge in [0.1, 0.15) is 0 Å². The van der Waals surface area contributed by atoms with E-state index in [1.807, 2.05) is 4.90 Å². The number of aromatic hydroxyl groups is 7. The molecule has 36 heavy (non-hydrogen) atoms. The number of rotatable bonds is 6. The van der Waals surface area contributed by atoms with E-state index >= 15 is 0 Å². The van der Waals surface area contributed by atoms with Crippen molar-refractivity contribution in [2.75, 3.05) is 27.3 Å². The van der Waals surface area contributed by atoms with Crippen LogP contribution in [-0.4, -0.2) is 78.2 Å². The van der Waals surface area contributed by atoms with Gasteiger partial charge in [-0.2, -0.15) is 0 Å². The minimum absolute atomic E-state index is 0.00588. The number of fused-ring (bicyclic) bond motifs is 1. The fraction of sp³-hybridized carbons (Fsp3) is 0.500. The molecule has 198 valence electrons. The van der Waals surface area contributed by atoms with Crippen LogP contribution in [0.15, 0.2) is 0 Å². The SMILES string of the molecule is COc1c(O)c2c(c(O)c1OC)C(O)(O)C(CC1CCN(Cc3c(O)c(O)c(O)c(O)c3O)CC1)C2. The summed E-state index contributed by atoms with van der Waals surface area (Å²) in [5.74, 6) is -8.40. The lowest BCUT2D eigenvalue weighted by Gasteiger charge is -2.35. The van der Waals surface area contributed by atoms with E-state index in [4.69, 9.17) is 9.47 Å². The van der Waals surface area contributed by atoms with Gasteiger partial charge in [0.15, 0.2) is 28.8 Å². The average Bonchev–Trinajstić information content (AvgIpc) is 3.12. The molecular formula is C24H31NO11. The molecule has 2 aromatic rings. The van der Waals surface area contributed by atoms with Gasteiger partial charge in [-0.15, -0.1) is 0 Å². The number of aliphatic hydroxyl groups is 2. The van der Waals surface area contributed by atoms with Gasteiger partial charge < -0.3 is 55.4 Å². The van der Waals surface area contributed by atoms with Crippen LogP contribution in [0.1, 0.15) is 36.0 Å². The molecule has 4 rings (SSSR count). The molecule has 2 aliphatic rings. The molecule has 0 bridgehead atoms. The highest BCUT2D eigenvalue weighted by Gasteiger charge is 2.50. The standard InChI is InChI=1S/C24H31NO11/c1-35-22-17(28)12-8-11(24(33,34)14(12)18(29)23(22)36-2)7-10-3-5-25(6-4-10)9-13-15(26)19(30)21(32)20(31)16(13)27/h10-11,26-34H,3-9H2,1-2H3. The zero-order valence-electron chi connectivity index (χ0n) is 19.9. The summed E-state index contributed by atoms with van der Waals surface area (Å²) in [6.45, 7) is 1.02. The number of ether oxygens (including phenoxy) is 2. The Labute approximate surface area is 206 Å². The number of likely N-dealkylation sites (tertiary alicyclic amines) is 1. The molecule has 1 heterocycles. The van der Waals surface area contributed by atoms with E-state index in [0.717, 1.165) is 0 Å². The minimum atomic E-state index is -2.40. The first-order chi connectivity index (χ1) is 16.9. The van der Waals surface area contributed by atoms with Gasteiger partial charge in [-0.3, -0.25) is 4.90 Å². The summed E-state index contributed by atoms with van der Waals surface area (Å²) < 4.78 is 10.2. The van der Waals surface area contributed by atoms with Crippen LogP contribution in [0.5, 0.6) is 51.7 Å². The summed E-state index contributed by atoms with van der Waals surface area (Å²) in [5, 5.41) is 92.5. The van der Waals surface area contributed by atoms with Crippen LogP contribution in [0.3, 0.4) is 0 Å². The number of phenols is 7. The smallest absolute Gasteiger partial charge is 0.208 e. The van der Waals surface area contributed by atoms with Crippen molar-refractivity contribution in [1.29, 1.82) is 0 Å². The van der Waals surface area contributed by atoms with Crippen LogP contribution in [-0.2, 0) is 18.8 Å². The first kappa shape index (κ1) is 25.6. The summed E-state index contributed by atoms with van der Waals surface area (Å²) in [5.41, 5.74) is -0.125. The Balaban J connectivity index is 1.46. The molecule has 12 heteroatoms. The molecule has 1 unspecified atom stereocenters. The number of nitrogens with zero attached hydrogens (tertiary/aromatic N) is 1. The van der Waals surface area contributed by atoms with Gasteiger partial charge in [0.2, 0.25) is 28.7 Å². The van der Waals surface area contributed by atoms with Crippen molar-refractivity contribution >= 4 is 0 Å². The maximum absolute atomic E-state index is 11.0. The van der Waals surface area contributed by atoms with Crippen molar-refractivity contribution in [3.05, 3.63) is 16.7 Å². The fourth-order valence-corrected chi connectivity index (χ4v) is 5.43. The molecule has 0 saturated carbocycles. The van der Waals surface area contributed by atoms with Crippen molar-refractivity contribution in [3.63, 3.8) is 0 Å². The predicted molar refractivity (Wildman–Crippen MR) is 124 cm³/mol. The highest BCUT2D eigenvalue weighted by atomic mass is 16.5. The van der Waals surface area contributed by atoms with Gasteiger partial charge in [0.05, 0.1) is 25.3 Å². The quantitative estimate of drug-likeness (QED) is 0.153. The highest BCUT2D eigenvalue weighted by molar-refractivity contribution is 5.69. The monoisotopic (exact) mass is 509 g/mol. The number of piperidine rings is 1. The van der Waals surface area contributed by atoms with Gasteiger partial charge in [0, 0.05) is 18.0 Å². The lowest BCUT2D eigenvalue weighted by Crippen LogP contribution is -2.37. The van der Waals surface area contributed by atoms with E-state index in [1.165, 1.54) is 14.2 Å². The fourth-order valence-electron chi connectivity index (χ4n) is 5.43. The van der Waals surface area contributed by atoms with Crippen molar-refractivity contribution < 1.29 is 55.4 Å². The first-order valence-corrected chi connectivity index (χ1v) is 11.5. The number of phenolic OH excluding ortho intramolecular Hbond substituents is 7. The Hall–Kier alpha value is -3.48. The third-order valence-electron chi connectivity index (χ3n) is 7.43. The maximum atomic E-state index is 11.0. The normalized spacial score (nSPS) is 19.8. The molecule has 1 atom stereocenters. The first-order valence-electron chi connectivity index (χ1n) is 11.5. The number of benzene rings is 2. The van der Waals surface area contributed by atoms with E-state index in [-0.39, 0.29) is 52.8 Å². The highest BCUT2D eigenvalue weighted by Crippen LogP contribution is 2.58. The molecule has 0 radical (unpaired) electrons. The molecule has 9 N–H and O–H groups in total. The summed E-state index contributed by atoms with van der Waals surface area (Å²) in [6, 6.07) is 0. The van der Waals surface area contributed by atoms with Crippen LogP contribution < -0.4 is 9.47 Å². The second-order valence-electron chi connectivity index (χ2n) is 9.42. The van der Waals surface area contributed by atoms with E-state index in [1.54, 1.807) is 0 Å². The zero-order chi connectivity index (χ0) is 26.5. The van der Waals surface area contributed by atoms with Crippen molar-refractivity contribution in [3.8, 4) is 51.7 Å².